The first kappa shape index (κ1) is 10.2. The van der Waals surface area contributed by atoms with Gasteiger partial charge in [0.05, 0.1) is 5.33 Å². The Morgan fingerprint density at radius 2 is 2.00 bits per heavy atom. The number of aryl methyl sites for hydroxylation is 1. The van der Waals surface area contributed by atoms with Crippen LogP contribution in [0.1, 0.15) is 5.82 Å². The van der Waals surface area contributed by atoms with Gasteiger partial charge in [-0.05, 0) is 0 Å². The van der Waals surface area contributed by atoms with E-state index in [0.29, 0.717) is 22.3 Å². The number of nitrogens with one attached hydrogen (secondary N) is 1. The van der Waals surface area contributed by atoms with Crippen molar-refractivity contribution in [3.8, 4) is 0 Å². The maximum Gasteiger partial charge on any atom is 0.332 e. The monoisotopic (exact) mass is 272 g/mol. The Bertz CT molecular complexity index is 636. The molecule has 2 heterocycles. The van der Waals surface area contributed by atoms with Gasteiger partial charge in [0.15, 0.2) is 5.65 Å². The second-order valence-corrected chi connectivity index (χ2v) is 3.78. The van der Waals surface area contributed by atoms with Gasteiger partial charge < -0.3 is 4.98 Å². The third kappa shape index (κ3) is 1.34. The normalized spacial score (nSPS) is 11.1. The molecule has 0 saturated heterocycles. The Labute approximate surface area is 92.7 Å². The maximum atomic E-state index is 11.7. The molecule has 1 N–H and O–H groups in total. The summed E-state index contributed by atoms with van der Waals surface area (Å²) in [5.41, 5.74) is 0.0134. The van der Waals surface area contributed by atoms with Crippen LogP contribution in [-0.4, -0.2) is 19.1 Å². The summed E-state index contributed by atoms with van der Waals surface area (Å²) in [5.74, 6) is 0.628. The van der Waals surface area contributed by atoms with Crippen molar-refractivity contribution < 1.29 is 0 Å². The van der Waals surface area contributed by atoms with E-state index in [1.54, 1.807) is 7.05 Å². The molecule has 0 fully saturated rings. The molecule has 0 radical (unpaired) electrons. The molecule has 0 atom stereocenters. The zero-order valence-electron chi connectivity index (χ0n) is 8.24. The Morgan fingerprint density at radius 1 is 1.33 bits per heavy atom. The van der Waals surface area contributed by atoms with Crippen molar-refractivity contribution in [1.29, 1.82) is 0 Å². The van der Waals surface area contributed by atoms with Crippen molar-refractivity contribution >= 4 is 27.1 Å². The van der Waals surface area contributed by atoms with Crippen LogP contribution in [0.2, 0.25) is 0 Å². The number of aromatic nitrogens is 4. The highest BCUT2D eigenvalue weighted by Crippen LogP contribution is 2.06. The van der Waals surface area contributed by atoms with Crippen LogP contribution in [0.15, 0.2) is 9.59 Å². The molecule has 0 aromatic carbocycles. The lowest BCUT2D eigenvalue weighted by Gasteiger charge is -2.00. The molecule has 0 unspecified atom stereocenters. The lowest BCUT2D eigenvalue weighted by molar-refractivity contribution is 0.708. The molecule has 2 aromatic heterocycles. The summed E-state index contributed by atoms with van der Waals surface area (Å²) in [6.07, 6.45) is 0. The van der Waals surface area contributed by atoms with E-state index < -0.39 is 0 Å². The summed E-state index contributed by atoms with van der Waals surface area (Å²) in [5, 5.41) is 0.513. The Morgan fingerprint density at radius 3 is 2.60 bits per heavy atom. The summed E-state index contributed by atoms with van der Waals surface area (Å²) in [7, 11) is 3.03. The van der Waals surface area contributed by atoms with Crippen LogP contribution >= 0.6 is 15.9 Å². The second-order valence-electron chi connectivity index (χ2n) is 3.22. The van der Waals surface area contributed by atoms with Gasteiger partial charge in [0.25, 0.3) is 5.56 Å². The predicted molar refractivity (Wildman–Crippen MR) is 59.2 cm³/mol. The third-order valence-electron chi connectivity index (χ3n) is 2.27. The highest BCUT2D eigenvalue weighted by Gasteiger charge is 2.12. The standard InChI is InChI=1S/C8H9BrN4O2/c1-12-6-5(10-4(3-9)11-6)7(14)13(2)8(12)15/h3H2,1-2H3,(H,10,11). The van der Waals surface area contributed by atoms with E-state index in [1.165, 1.54) is 11.6 Å². The number of hydrogen-bond donors (Lipinski definition) is 1. The molecule has 0 amide bonds. The van der Waals surface area contributed by atoms with Gasteiger partial charge in [-0.2, -0.15) is 0 Å². The molecule has 0 spiro atoms. The van der Waals surface area contributed by atoms with Crippen molar-refractivity contribution in [3.63, 3.8) is 0 Å². The number of imidazole rings is 1. The maximum absolute atomic E-state index is 11.7. The smallest absolute Gasteiger partial charge is 0.332 e. The molecule has 7 heteroatoms. The van der Waals surface area contributed by atoms with E-state index in [1.807, 2.05) is 0 Å². The fourth-order valence-corrected chi connectivity index (χ4v) is 1.70. The summed E-state index contributed by atoms with van der Waals surface area (Å²) >= 11 is 3.23. The van der Waals surface area contributed by atoms with E-state index in [0.717, 1.165) is 4.57 Å². The van der Waals surface area contributed by atoms with Crippen LogP contribution < -0.4 is 11.2 Å². The minimum Gasteiger partial charge on any atom is -0.335 e. The highest BCUT2D eigenvalue weighted by molar-refractivity contribution is 9.08. The van der Waals surface area contributed by atoms with Gasteiger partial charge in [0.1, 0.15) is 11.3 Å². The Kier molecular flexibility index (Phi) is 2.26. The van der Waals surface area contributed by atoms with E-state index in [2.05, 4.69) is 25.9 Å². The lowest BCUT2D eigenvalue weighted by Crippen LogP contribution is -2.36. The first-order valence-electron chi connectivity index (χ1n) is 4.27. The molecule has 0 aliphatic carbocycles. The number of hydrogen-bond acceptors (Lipinski definition) is 3. The topological polar surface area (TPSA) is 72.7 Å². The summed E-state index contributed by atoms with van der Waals surface area (Å²) < 4.78 is 2.40. The van der Waals surface area contributed by atoms with Crippen molar-refractivity contribution in [2.75, 3.05) is 0 Å². The number of rotatable bonds is 1. The molecule has 0 aliphatic rings. The molecule has 6 nitrogen and oxygen atoms in total. The van der Waals surface area contributed by atoms with Crippen LogP contribution in [0.3, 0.4) is 0 Å². The number of alkyl halides is 1. The summed E-state index contributed by atoms with van der Waals surface area (Å²) in [6.45, 7) is 0. The number of aromatic amines is 1. The molecule has 2 aromatic rings. The Balaban J connectivity index is 3.04. The van der Waals surface area contributed by atoms with Crippen LogP contribution in [-0.2, 0) is 19.4 Å². The van der Waals surface area contributed by atoms with Gasteiger partial charge in [-0.15, -0.1) is 0 Å². The van der Waals surface area contributed by atoms with Gasteiger partial charge in [-0.25, -0.2) is 9.78 Å². The first-order chi connectivity index (χ1) is 7.06. The number of nitrogens with zero attached hydrogens (tertiary/aromatic N) is 3. The largest absolute Gasteiger partial charge is 0.335 e. The highest BCUT2D eigenvalue weighted by atomic mass is 79.9. The van der Waals surface area contributed by atoms with Gasteiger partial charge in [-0.3, -0.25) is 13.9 Å². The molecular weight excluding hydrogens is 264 g/mol. The summed E-state index contributed by atoms with van der Waals surface area (Å²) in [6, 6.07) is 0. The summed E-state index contributed by atoms with van der Waals surface area (Å²) in [4.78, 5) is 30.3. The van der Waals surface area contributed by atoms with E-state index >= 15 is 0 Å². The van der Waals surface area contributed by atoms with Crippen LogP contribution in [0, 0.1) is 0 Å². The van der Waals surface area contributed by atoms with Gasteiger partial charge in [-0.1, -0.05) is 15.9 Å². The molecule has 0 aliphatic heterocycles. The third-order valence-corrected chi connectivity index (χ3v) is 2.80. The van der Waals surface area contributed by atoms with E-state index in [4.69, 9.17) is 0 Å². The molecule has 0 bridgehead atoms. The first-order valence-corrected chi connectivity index (χ1v) is 5.39. The van der Waals surface area contributed by atoms with Crippen LogP contribution in [0.5, 0.6) is 0 Å². The van der Waals surface area contributed by atoms with E-state index in [-0.39, 0.29) is 11.2 Å². The minimum absolute atomic E-state index is 0.354. The van der Waals surface area contributed by atoms with Gasteiger partial charge >= 0.3 is 5.69 Å². The number of fused-ring (bicyclic) bond motifs is 1. The second kappa shape index (κ2) is 3.34. The molecule has 0 saturated carbocycles. The van der Waals surface area contributed by atoms with E-state index in [9.17, 15) is 9.59 Å². The number of H-pyrrole nitrogens is 1. The fraction of sp³-hybridized carbons (Fsp3) is 0.375. The number of halogens is 1. The molecular formula is C8H9BrN4O2. The lowest BCUT2D eigenvalue weighted by atomic mass is 10.5. The molecule has 15 heavy (non-hydrogen) atoms. The predicted octanol–water partition coefficient (Wildman–Crippen LogP) is -0.145. The molecule has 2 rings (SSSR count). The average molecular weight is 273 g/mol. The van der Waals surface area contributed by atoms with Crippen molar-refractivity contribution in [2.45, 2.75) is 5.33 Å². The van der Waals surface area contributed by atoms with Crippen LogP contribution in [0.25, 0.3) is 11.2 Å². The SMILES string of the molecule is Cn1c(=O)c2[nH]c(CBr)nc2n(C)c1=O. The zero-order valence-corrected chi connectivity index (χ0v) is 9.83. The zero-order chi connectivity index (χ0) is 11.2. The van der Waals surface area contributed by atoms with Crippen molar-refractivity contribution in [2.24, 2.45) is 14.1 Å². The van der Waals surface area contributed by atoms with Crippen LogP contribution in [0.4, 0.5) is 0 Å². The average Bonchev–Trinajstić information content (AvgIpc) is 2.67. The minimum atomic E-state index is -0.375. The van der Waals surface area contributed by atoms with Gasteiger partial charge in [0, 0.05) is 14.1 Å². The Hall–Kier alpha value is -1.37. The van der Waals surface area contributed by atoms with Gasteiger partial charge in [0.2, 0.25) is 0 Å². The quantitative estimate of drug-likeness (QED) is 0.735. The van der Waals surface area contributed by atoms with Crippen molar-refractivity contribution in [1.82, 2.24) is 19.1 Å². The fourth-order valence-electron chi connectivity index (χ4n) is 1.44. The molecule has 80 valence electrons. The van der Waals surface area contributed by atoms with Crippen molar-refractivity contribution in [3.05, 3.63) is 26.7 Å².